The SMILES string of the molecule is CC(C)O.CCOC(=O)Oc1c(N)sc2ccccc12. The Morgan fingerprint density at radius 3 is 2.60 bits per heavy atom. The van der Waals surface area contributed by atoms with Gasteiger partial charge in [0.25, 0.3) is 0 Å². The number of hydrogen-bond acceptors (Lipinski definition) is 6. The molecule has 0 aliphatic heterocycles. The summed E-state index contributed by atoms with van der Waals surface area (Å²) >= 11 is 1.38. The van der Waals surface area contributed by atoms with E-state index < -0.39 is 6.16 Å². The fourth-order valence-electron chi connectivity index (χ4n) is 1.38. The summed E-state index contributed by atoms with van der Waals surface area (Å²) in [5, 5.41) is 9.37. The van der Waals surface area contributed by atoms with Crippen LogP contribution in [0.25, 0.3) is 10.1 Å². The van der Waals surface area contributed by atoms with E-state index in [-0.39, 0.29) is 12.7 Å². The van der Waals surface area contributed by atoms with E-state index in [9.17, 15) is 4.79 Å². The van der Waals surface area contributed by atoms with Crippen LogP contribution in [0.15, 0.2) is 24.3 Å². The maximum absolute atomic E-state index is 11.2. The molecule has 5 nitrogen and oxygen atoms in total. The van der Waals surface area contributed by atoms with E-state index in [2.05, 4.69) is 0 Å². The highest BCUT2D eigenvalue weighted by atomic mass is 32.1. The van der Waals surface area contributed by atoms with Crippen molar-refractivity contribution in [2.45, 2.75) is 26.9 Å². The molecular weight excluding hydrogens is 278 g/mol. The first-order valence-electron chi connectivity index (χ1n) is 6.25. The Kier molecular flexibility index (Phi) is 6.27. The minimum Gasteiger partial charge on any atom is -0.434 e. The second-order valence-corrected chi connectivity index (χ2v) is 5.25. The van der Waals surface area contributed by atoms with Gasteiger partial charge in [-0.2, -0.15) is 0 Å². The van der Waals surface area contributed by atoms with Crippen molar-refractivity contribution in [1.29, 1.82) is 0 Å². The second kappa shape index (κ2) is 7.72. The highest BCUT2D eigenvalue weighted by molar-refractivity contribution is 7.23. The zero-order valence-corrected chi connectivity index (χ0v) is 12.6. The molecule has 20 heavy (non-hydrogen) atoms. The van der Waals surface area contributed by atoms with Crippen LogP contribution in [0.3, 0.4) is 0 Å². The predicted molar refractivity (Wildman–Crippen MR) is 81.2 cm³/mol. The zero-order chi connectivity index (χ0) is 15.1. The second-order valence-electron chi connectivity index (χ2n) is 4.17. The van der Waals surface area contributed by atoms with Crippen molar-refractivity contribution in [1.82, 2.24) is 0 Å². The molecule has 0 fully saturated rings. The van der Waals surface area contributed by atoms with Gasteiger partial charge in [-0.25, -0.2) is 4.79 Å². The van der Waals surface area contributed by atoms with Crippen LogP contribution in [0.1, 0.15) is 20.8 Å². The molecular formula is C14H19NO4S. The number of carbonyl (C=O) groups is 1. The minimum atomic E-state index is -0.724. The average molecular weight is 297 g/mol. The monoisotopic (exact) mass is 297 g/mol. The number of rotatable bonds is 2. The van der Waals surface area contributed by atoms with Gasteiger partial charge in [0, 0.05) is 16.2 Å². The summed E-state index contributed by atoms with van der Waals surface area (Å²) < 4.78 is 10.8. The molecule has 110 valence electrons. The molecule has 0 amide bonds. The smallest absolute Gasteiger partial charge is 0.434 e. The van der Waals surface area contributed by atoms with Gasteiger partial charge in [0.05, 0.1) is 6.61 Å². The van der Waals surface area contributed by atoms with Gasteiger partial charge in [-0.3, -0.25) is 0 Å². The highest BCUT2D eigenvalue weighted by Gasteiger charge is 2.14. The molecule has 2 rings (SSSR count). The van der Waals surface area contributed by atoms with E-state index >= 15 is 0 Å². The minimum absolute atomic E-state index is 0.167. The number of nitrogens with two attached hydrogens (primary N) is 1. The van der Waals surface area contributed by atoms with E-state index in [4.69, 9.17) is 20.3 Å². The van der Waals surface area contributed by atoms with Crippen molar-refractivity contribution in [3.8, 4) is 5.75 Å². The van der Waals surface area contributed by atoms with Crippen molar-refractivity contribution < 1.29 is 19.4 Å². The van der Waals surface area contributed by atoms with Gasteiger partial charge >= 0.3 is 6.16 Å². The number of nitrogen functional groups attached to an aromatic ring is 1. The topological polar surface area (TPSA) is 81.8 Å². The molecule has 1 aromatic heterocycles. The molecule has 1 heterocycles. The van der Waals surface area contributed by atoms with Gasteiger partial charge in [-0.1, -0.05) is 12.1 Å². The predicted octanol–water partition coefficient (Wildman–Crippen LogP) is 3.41. The van der Waals surface area contributed by atoms with Crippen LogP contribution >= 0.6 is 11.3 Å². The normalized spacial score (nSPS) is 10.1. The van der Waals surface area contributed by atoms with Gasteiger partial charge in [0.15, 0.2) is 5.75 Å². The lowest BCUT2D eigenvalue weighted by atomic mass is 10.2. The van der Waals surface area contributed by atoms with Gasteiger partial charge in [0.2, 0.25) is 0 Å². The highest BCUT2D eigenvalue weighted by Crippen LogP contribution is 2.39. The van der Waals surface area contributed by atoms with Gasteiger partial charge in [-0.15, -0.1) is 11.3 Å². The molecule has 0 aliphatic rings. The molecule has 2 aromatic rings. The Labute approximate surface area is 121 Å². The number of hydrogen-bond donors (Lipinski definition) is 2. The Hall–Kier alpha value is -1.79. The van der Waals surface area contributed by atoms with Crippen LogP contribution in [0.5, 0.6) is 5.75 Å². The Morgan fingerprint density at radius 2 is 2.00 bits per heavy atom. The molecule has 6 heteroatoms. The molecule has 3 N–H and O–H groups in total. The molecule has 0 saturated carbocycles. The molecule has 0 bridgehead atoms. The van der Waals surface area contributed by atoms with Crippen LogP contribution in [0.2, 0.25) is 0 Å². The number of aliphatic hydroxyl groups is 1. The number of thiophene rings is 1. The first-order chi connectivity index (χ1) is 9.45. The quantitative estimate of drug-likeness (QED) is 0.830. The van der Waals surface area contributed by atoms with E-state index in [0.717, 1.165) is 10.1 Å². The summed E-state index contributed by atoms with van der Waals surface area (Å²) in [6.45, 7) is 5.44. The van der Waals surface area contributed by atoms with Crippen LogP contribution in [-0.2, 0) is 4.74 Å². The summed E-state index contributed by atoms with van der Waals surface area (Å²) in [6.07, 6.45) is -0.891. The molecule has 0 atom stereocenters. The third-order valence-electron chi connectivity index (χ3n) is 2.02. The van der Waals surface area contributed by atoms with Crippen molar-refractivity contribution in [2.75, 3.05) is 12.3 Å². The van der Waals surface area contributed by atoms with E-state index in [1.165, 1.54) is 11.3 Å². The summed E-state index contributed by atoms with van der Waals surface area (Å²) in [5.74, 6) is 0.388. The lowest BCUT2D eigenvalue weighted by molar-refractivity contribution is 0.105. The number of anilines is 1. The van der Waals surface area contributed by atoms with E-state index in [1.54, 1.807) is 20.8 Å². The number of aliphatic hydroxyl groups excluding tert-OH is 1. The maximum atomic E-state index is 11.2. The zero-order valence-electron chi connectivity index (χ0n) is 11.8. The van der Waals surface area contributed by atoms with Crippen LogP contribution < -0.4 is 10.5 Å². The van der Waals surface area contributed by atoms with Crippen LogP contribution in [0, 0.1) is 0 Å². The molecule has 0 spiro atoms. The number of carbonyl (C=O) groups excluding carboxylic acids is 1. The number of benzene rings is 1. The van der Waals surface area contributed by atoms with Crippen molar-refractivity contribution >= 4 is 32.6 Å². The summed E-state index contributed by atoms with van der Waals surface area (Å²) in [4.78, 5) is 11.2. The Balaban J connectivity index is 0.000000444. The fraction of sp³-hybridized carbons (Fsp3) is 0.357. The van der Waals surface area contributed by atoms with Gasteiger partial charge in [0.1, 0.15) is 5.00 Å². The molecule has 1 aromatic carbocycles. The van der Waals surface area contributed by atoms with Crippen molar-refractivity contribution in [2.24, 2.45) is 0 Å². The largest absolute Gasteiger partial charge is 0.513 e. The van der Waals surface area contributed by atoms with Gasteiger partial charge in [-0.05, 0) is 32.9 Å². The van der Waals surface area contributed by atoms with Gasteiger partial charge < -0.3 is 20.3 Å². The van der Waals surface area contributed by atoms with Crippen molar-refractivity contribution in [3.63, 3.8) is 0 Å². The van der Waals surface area contributed by atoms with Crippen LogP contribution in [0.4, 0.5) is 9.80 Å². The maximum Gasteiger partial charge on any atom is 0.513 e. The van der Waals surface area contributed by atoms with E-state index in [1.807, 2.05) is 24.3 Å². The van der Waals surface area contributed by atoms with E-state index in [0.29, 0.717) is 10.8 Å². The van der Waals surface area contributed by atoms with Crippen LogP contribution in [-0.4, -0.2) is 24.0 Å². The standard InChI is InChI=1S/C11H11NO3S.C3H8O/c1-2-14-11(13)15-9-7-5-3-4-6-8(7)16-10(9)12;1-3(2)4/h3-6H,2,12H2,1H3;3-4H,1-2H3. The lowest BCUT2D eigenvalue weighted by Gasteiger charge is -2.03. The summed E-state index contributed by atoms with van der Waals surface area (Å²) in [6, 6.07) is 7.56. The third-order valence-corrected chi connectivity index (χ3v) is 3.00. The molecule has 0 unspecified atom stereocenters. The first kappa shape index (κ1) is 16.3. The molecule has 0 saturated heterocycles. The number of ether oxygens (including phenoxy) is 2. The molecule has 0 aliphatic carbocycles. The Bertz CT molecular complexity index is 563. The summed E-state index contributed by atoms with van der Waals surface area (Å²) in [7, 11) is 0. The summed E-state index contributed by atoms with van der Waals surface area (Å²) in [5.41, 5.74) is 5.78. The fourth-order valence-corrected chi connectivity index (χ4v) is 2.28. The number of fused-ring (bicyclic) bond motifs is 1. The lowest BCUT2D eigenvalue weighted by Crippen LogP contribution is -2.10. The third kappa shape index (κ3) is 4.71. The molecule has 0 radical (unpaired) electrons. The Morgan fingerprint density at radius 1 is 1.40 bits per heavy atom. The average Bonchev–Trinajstić information content (AvgIpc) is 2.66. The first-order valence-corrected chi connectivity index (χ1v) is 7.07. The van der Waals surface area contributed by atoms with Crippen molar-refractivity contribution in [3.05, 3.63) is 24.3 Å².